The van der Waals surface area contributed by atoms with Gasteiger partial charge < -0.3 is 15.1 Å². The molecule has 132 valence electrons. The van der Waals surface area contributed by atoms with Crippen molar-refractivity contribution in [3.05, 3.63) is 22.4 Å². The van der Waals surface area contributed by atoms with Gasteiger partial charge in [0.2, 0.25) is 5.91 Å². The van der Waals surface area contributed by atoms with Crippen molar-refractivity contribution in [1.29, 1.82) is 0 Å². The van der Waals surface area contributed by atoms with Crippen LogP contribution in [0.2, 0.25) is 0 Å². The number of amides is 1. The Morgan fingerprint density at radius 1 is 1.26 bits per heavy atom. The van der Waals surface area contributed by atoms with Gasteiger partial charge in [0.05, 0.1) is 6.54 Å². The molecule has 1 aromatic rings. The molecular weight excluding hydrogens is 330 g/mol. The van der Waals surface area contributed by atoms with E-state index in [4.69, 9.17) is 0 Å². The third-order valence-electron chi connectivity index (χ3n) is 4.51. The van der Waals surface area contributed by atoms with Gasteiger partial charge in [0, 0.05) is 23.9 Å². The molecule has 6 heteroatoms. The van der Waals surface area contributed by atoms with Crippen molar-refractivity contribution in [1.82, 2.24) is 15.1 Å². The maximum Gasteiger partial charge on any atom is 0.226 e. The second kappa shape index (κ2) is 11.0. The smallest absolute Gasteiger partial charge is 0.226 e. The van der Waals surface area contributed by atoms with E-state index in [0.29, 0.717) is 5.91 Å². The molecular formula is C17H30ClN3OS. The first kappa shape index (κ1) is 20.4. The maximum atomic E-state index is 12.9. The molecule has 0 bridgehead atoms. The van der Waals surface area contributed by atoms with Gasteiger partial charge in [-0.1, -0.05) is 19.9 Å². The van der Waals surface area contributed by atoms with Crippen molar-refractivity contribution < 1.29 is 4.79 Å². The highest BCUT2D eigenvalue weighted by molar-refractivity contribution is 7.09. The third kappa shape index (κ3) is 6.42. The Kier molecular flexibility index (Phi) is 9.79. The molecule has 1 N–H and O–H groups in total. The number of nitrogens with zero attached hydrogens (tertiary/aromatic N) is 2. The lowest BCUT2D eigenvalue weighted by molar-refractivity contribution is -0.137. The van der Waals surface area contributed by atoms with Crippen molar-refractivity contribution in [3.8, 4) is 0 Å². The SMILES string of the molecule is CCN(CC)CCN(Cc1cccs1)C(=O)C1CCNCC1.Cl. The zero-order chi connectivity index (χ0) is 15.8. The van der Waals surface area contributed by atoms with Gasteiger partial charge in [-0.15, -0.1) is 23.7 Å². The number of likely N-dealkylation sites (N-methyl/N-ethyl adjacent to an activating group) is 1. The third-order valence-corrected chi connectivity index (χ3v) is 5.37. The summed E-state index contributed by atoms with van der Waals surface area (Å²) in [7, 11) is 0. The number of hydrogen-bond donors (Lipinski definition) is 1. The maximum absolute atomic E-state index is 12.9. The molecule has 1 aliphatic heterocycles. The second-order valence-corrected chi connectivity index (χ2v) is 6.92. The van der Waals surface area contributed by atoms with E-state index in [1.807, 2.05) is 0 Å². The lowest BCUT2D eigenvalue weighted by Gasteiger charge is -2.31. The number of rotatable bonds is 8. The van der Waals surface area contributed by atoms with Gasteiger partial charge in [0.1, 0.15) is 0 Å². The molecule has 0 saturated carbocycles. The number of nitrogens with one attached hydrogen (secondary N) is 1. The van der Waals surface area contributed by atoms with Gasteiger partial charge in [0.15, 0.2) is 0 Å². The largest absolute Gasteiger partial charge is 0.336 e. The van der Waals surface area contributed by atoms with Crippen LogP contribution in [-0.4, -0.2) is 55.0 Å². The van der Waals surface area contributed by atoms with Crippen LogP contribution in [0.15, 0.2) is 17.5 Å². The second-order valence-electron chi connectivity index (χ2n) is 5.89. The lowest BCUT2D eigenvalue weighted by Crippen LogP contribution is -2.43. The van der Waals surface area contributed by atoms with E-state index in [-0.39, 0.29) is 18.3 Å². The Bertz CT molecular complexity index is 431. The molecule has 2 heterocycles. The molecule has 1 amide bonds. The average molecular weight is 360 g/mol. The highest BCUT2D eigenvalue weighted by Gasteiger charge is 2.26. The van der Waals surface area contributed by atoms with E-state index in [9.17, 15) is 4.79 Å². The number of thiophene rings is 1. The molecule has 0 spiro atoms. The summed E-state index contributed by atoms with van der Waals surface area (Å²) < 4.78 is 0. The van der Waals surface area contributed by atoms with Crippen LogP contribution in [0.3, 0.4) is 0 Å². The fraction of sp³-hybridized carbons (Fsp3) is 0.706. The fourth-order valence-electron chi connectivity index (χ4n) is 2.99. The predicted molar refractivity (Wildman–Crippen MR) is 100 cm³/mol. The Morgan fingerprint density at radius 2 is 1.96 bits per heavy atom. The minimum absolute atomic E-state index is 0. The van der Waals surface area contributed by atoms with Crippen molar-refractivity contribution in [2.75, 3.05) is 39.3 Å². The molecule has 0 radical (unpaired) electrons. The first-order valence-electron chi connectivity index (χ1n) is 8.48. The van der Waals surface area contributed by atoms with Crippen LogP contribution in [0.25, 0.3) is 0 Å². The molecule has 23 heavy (non-hydrogen) atoms. The topological polar surface area (TPSA) is 35.6 Å². The summed E-state index contributed by atoms with van der Waals surface area (Å²) in [6, 6.07) is 4.20. The van der Waals surface area contributed by atoms with E-state index < -0.39 is 0 Å². The van der Waals surface area contributed by atoms with Crippen LogP contribution in [0.1, 0.15) is 31.6 Å². The summed E-state index contributed by atoms with van der Waals surface area (Å²) >= 11 is 1.74. The van der Waals surface area contributed by atoms with E-state index in [0.717, 1.165) is 58.7 Å². The minimum atomic E-state index is 0. The Labute approximate surface area is 150 Å². The predicted octanol–water partition coefficient (Wildman–Crippen LogP) is 2.84. The van der Waals surface area contributed by atoms with Crippen LogP contribution in [0.5, 0.6) is 0 Å². The molecule has 1 aliphatic rings. The van der Waals surface area contributed by atoms with Gasteiger partial charge in [-0.3, -0.25) is 4.79 Å². The minimum Gasteiger partial charge on any atom is -0.336 e. The lowest BCUT2D eigenvalue weighted by atomic mass is 9.96. The summed E-state index contributed by atoms with van der Waals surface area (Å²) in [6.07, 6.45) is 1.95. The van der Waals surface area contributed by atoms with Crippen LogP contribution < -0.4 is 5.32 Å². The first-order valence-corrected chi connectivity index (χ1v) is 9.36. The normalized spacial score (nSPS) is 15.4. The van der Waals surface area contributed by atoms with Crippen molar-refractivity contribution in [3.63, 3.8) is 0 Å². The zero-order valence-corrected chi connectivity index (χ0v) is 15.9. The zero-order valence-electron chi connectivity index (χ0n) is 14.3. The summed E-state index contributed by atoms with van der Waals surface area (Å²) in [5.41, 5.74) is 0. The van der Waals surface area contributed by atoms with Crippen LogP contribution in [0.4, 0.5) is 0 Å². The number of piperidine rings is 1. The summed E-state index contributed by atoms with van der Waals surface area (Å²) in [6.45, 7) is 11.0. The summed E-state index contributed by atoms with van der Waals surface area (Å²) in [4.78, 5) is 18.6. The Balaban J connectivity index is 0.00000264. The van der Waals surface area contributed by atoms with Gasteiger partial charge in [-0.05, 0) is 50.5 Å². The molecule has 0 unspecified atom stereocenters. The van der Waals surface area contributed by atoms with E-state index in [1.54, 1.807) is 11.3 Å². The molecule has 2 rings (SSSR count). The fourth-order valence-corrected chi connectivity index (χ4v) is 3.71. The van der Waals surface area contributed by atoms with Crippen LogP contribution in [-0.2, 0) is 11.3 Å². The molecule has 0 atom stereocenters. The van der Waals surface area contributed by atoms with Crippen molar-refractivity contribution in [2.24, 2.45) is 5.92 Å². The van der Waals surface area contributed by atoms with Crippen LogP contribution >= 0.6 is 23.7 Å². The van der Waals surface area contributed by atoms with Crippen molar-refractivity contribution in [2.45, 2.75) is 33.2 Å². The quantitative estimate of drug-likeness (QED) is 0.775. The Hall–Kier alpha value is -0.620. The summed E-state index contributed by atoms with van der Waals surface area (Å²) in [5, 5.41) is 5.44. The highest BCUT2D eigenvalue weighted by Crippen LogP contribution is 2.19. The molecule has 1 aromatic heterocycles. The van der Waals surface area contributed by atoms with Gasteiger partial charge in [0.25, 0.3) is 0 Å². The number of halogens is 1. The average Bonchev–Trinajstić information content (AvgIpc) is 3.08. The molecule has 1 fully saturated rings. The van der Waals surface area contributed by atoms with Gasteiger partial charge in [-0.25, -0.2) is 0 Å². The molecule has 0 aliphatic carbocycles. The monoisotopic (exact) mass is 359 g/mol. The number of hydrogen-bond acceptors (Lipinski definition) is 4. The first-order chi connectivity index (χ1) is 10.7. The summed E-state index contributed by atoms with van der Waals surface area (Å²) in [5.74, 6) is 0.556. The molecule has 0 aromatic carbocycles. The van der Waals surface area contributed by atoms with Crippen molar-refractivity contribution >= 4 is 29.7 Å². The standard InChI is InChI=1S/C17H29N3OS.ClH/c1-3-19(4-2)11-12-20(14-16-6-5-13-22-16)17(21)15-7-9-18-10-8-15;/h5-6,13,15,18H,3-4,7-12,14H2,1-2H3;1H. The van der Waals surface area contributed by atoms with Gasteiger partial charge in [-0.2, -0.15) is 0 Å². The highest BCUT2D eigenvalue weighted by atomic mass is 35.5. The van der Waals surface area contributed by atoms with E-state index in [1.165, 1.54) is 4.88 Å². The van der Waals surface area contributed by atoms with E-state index >= 15 is 0 Å². The molecule has 1 saturated heterocycles. The van der Waals surface area contributed by atoms with Gasteiger partial charge >= 0.3 is 0 Å². The number of carbonyl (C=O) groups is 1. The van der Waals surface area contributed by atoms with E-state index in [2.05, 4.69) is 46.5 Å². The van der Waals surface area contributed by atoms with Crippen LogP contribution in [0, 0.1) is 5.92 Å². The number of carbonyl (C=O) groups excluding carboxylic acids is 1. The Morgan fingerprint density at radius 3 is 2.52 bits per heavy atom. The molecule has 4 nitrogen and oxygen atoms in total.